The number of fused-ring (bicyclic) bond motifs is 1. The second kappa shape index (κ2) is 2.12. The molecular weight excluding hydrogens is 180 g/mol. The van der Waals surface area contributed by atoms with Gasteiger partial charge in [-0.25, -0.2) is 13.2 Å². The van der Waals surface area contributed by atoms with Gasteiger partial charge in [-0.1, -0.05) is 0 Å². The quantitative estimate of drug-likeness (QED) is 0.488. The Balaban J connectivity index is 2.27. The molecule has 2 aliphatic rings. The van der Waals surface area contributed by atoms with Crippen molar-refractivity contribution < 1.29 is 13.2 Å². The molecule has 2 saturated heterocycles. The lowest BCUT2D eigenvalue weighted by Gasteiger charge is -2.13. The van der Waals surface area contributed by atoms with Crippen LogP contribution in [0.2, 0.25) is 0 Å². The average Bonchev–Trinajstić information content (AvgIpc) is 2.33. The van der Waals surface area contributed by atoms with Gasteiger partial charge in [0.1, 0.15) is 0 Å². The fraction of sp³-hybridized carbons (Fsp3) is 0.833. The fourth-order valence-electron chi connectivity index (χ4n) is 1.76. The van der Waals surface area contributed by atoms with Gasteiger partial charge in [-0.15, -0.1) is 0 Å². The van der Waals surface area contributed by atoms with Crippen LogP contribution in [0.5, 0.6) is 0 Å². The molecule has 0 saturated carbocycles. The second-order valence-electron chi connectivity index (χ2n) is 3.31. The van der Waals surface area contributed by atoms with Crippen molar-refractivity contribution in [1.29, 1.82) is 0 Å². The van der Waals surface area contributed by atoms with Gasteiger partial charge in [0.15, 0.2) is 9.84 Å². The van der Waals surface area contributed by atoms with Crippen molar-refractivity contribution in [3.63, 3.8) is 0 Å². The number of urea groups is 1. The van der Waals surface area contributed by atoms with Gasteiger partial charge in [0.05, 0.1) is 23.6 Å². The summed E-state index contributed by atoms with van der Waals surface area (Å²) in [6, 6.07) is -0.505. The highest BCUT2D eigenvalue weighted by atomic mass is 32.2. The van der Waals surface area contributed by atoms with Crippen LogP contribution in [0.1, 0.15) is 0 Å². The van der Waals surface area contributed by atoms with Crippen LogP contribution in [0.4, 0.5) is 4.79 Å². The van der Waals surface area contributed by atoms with Gasteiger partial charge in [0.25, 0.3) is 0 Å². The van der Waals surface area contributed by atoms with E-state index >= 15 is 0 Å². The molecule has 68 valence electrons. The average molecular weight is 190 g/mol. The number of hydrogen-bond donors (Lipinski definition) is 1. The van der Waals surface area contributed by atoms with Gasteiger partial charge in [-0.2, -0.15) is 0 Å². The van der Waals surface area contributed by atoms with E-state index in [1.165, 1.54) is 4.90 Å². The zero-order chi connectivity index (χ0) is 8.93. The molecule has 12 heavy (non-hydrogen) atoms. The first-order valence-corrected chi connectivity index (χ1v) is 5.55. The Morgan fingerprint density at radius 3 is 2.75 bits per heavy atom. The highest BCUT2D eigenvalue weighted by Gasteiger charge is 2.46. The molecule has 0 aliphatic carbocycles. The molecular formula is C6H10N2O3S. The van der Waals surface area contributed by atoms with Crippen molar-refractivity contribution in [1.82, 2.24) is 10.2 Å². The third-order valence-electron chi connectivity index (χ3n) is 2.45. The van der Waals surface area contributed by atoms with E-state index in [9.17, 15) is 13.2 Å². The van der Waals surface area contributed by atoms with Crippen molar-refractivity contribution in [3.05, 3.63) is 0 Å². The summed E-state index contributed by atoms with van der Waals surface area (Å²) in [5, 5.41) is 2.63. The molecule has 2 amide bonds. The molecule has 0 radical (unpaired) electrons. The summed E-state index contributed by atoms with van der Waals surface area (Å²) in [5.41, 5.74) is 0. The number of amides is 2. The van der Waals surface area contributed by atoms with Gasteiger partial charge in [0, 0.05) is 7.05 Å². The SMILES string of the molecule is CN1C(=O)N[C@H]2CS(=O)(=O)C[C@H]21. The first kappa shape index (κ1) is 7.85. The van der Waals surface area contributed by atoms with E-state index in [-0.39, 0.29) is 29.6 Å². The van der Waals surface area contributed by atoms with E-state index in [1.807, 2.05) is 0 Å². The van der Waals surface area contributed by atoms with Crippen LogP contribution in [0.3, 0.4) is 0 Å². The lowest BCUT2D eigenvalue weighted by Crippen LogP contribution is -2.33. The van der Waals surface area contributed by atoms with Crippen molar-refractivity contribution in [2.24, 2.45) is 0 Å². The standard InChI is InChI=1S/C6H10N2O3S/c1-8-5-3-12(10,11)2-4(5)7-6(8)9/h4-5H,2-3H2,1H3,(H,7,9)/t4-,5+/m0/s1. The zero-order valence-corrected chi connectivity index (χ0v) is 7.47. The summed E-state index contributed by atoms with van der Waals surface area (Å²) in [5.74, 6) is 0.195. The molecule has 2 heterocycles. The molecule has 2 rings (SSSR count). The number of nitrogens with zero attached hydrogens (tertiary/aromatic N) is 1. The van der Waals surface area contributed by atoms with Crippen molar-refractivity contribution in [2.75, 3.05) is 18.6 Å². The fourth-order valence-corrected chi connectivity index (χ4v) is 3.72. The Hall–Kier alpha value is -0.780. The van der Waals surface area contributed by atoms with Crippen LogP contribution in [0.15, 0.2) is 0 Å². The summed E-state index contributed by atoms with van der Waals surface area (Å²) < 4.78 is 22.2. The van der Waals surface area contributed by atoms with Crippen LogP contribution in [0.25, 0.3) is 0 Å². The van der Waals surface area contributed by atoms with Crippen LogP contribution in [-0.2, 0) is 9.84 Å². The Morgan fingerprint density at radius 2 is 2.17 bits per heavy atom. The first-order chi connectivity index (χ1) is 5.49. The normalized spacial score (nSPS) is 38.1. The number of nitrogens with one attached hydrogen (secondary N) is 1. The topological polar surface area (TPSA) is 66.5 Å². The maximum Gasteiger partial charge on any atom is 0.317 e. The Morgan fingerprint density at radius 1 is 1.50 bits per heavy atom. The molecule has 5 nitrogen and oxygen atoms in total. The summed E-state index contributed by atoms with van der Waals surface area (Å²) >= 11 is 0. The van der Waals surface area contributed by atoms with E-state index in [0.717, 1.165) is 0 Å². The van der Waals surface area contributed by atoms with Crippen molar-refractivity contribution in [2.45, 2.75) is 12.1 Å². The van der Waals surface area contributed by atoms with Gasteiger partial charge < -0.3 is 10.2 Å². The predicted molar refractivity (Wildman–Crippen MR) is 42.5 cm³/mol. The minimum Gasteiger partial charge on any atom is -0.332 e. The molecule has 6 heteroatoms. The smallest absolute Gasteiger partial charge is 0.317 e. The third kappa shape index (κ3) is 0.979. The molecule has 0 aromatic rings. The minimum absolute atomic E-state index is 0.0910. The maximum absolute atomic E-state index is 11.1. The number of likely N-dealkylation sites (N-methyl/N-ethyl adjacent to an activating group) is 1. The zero-order valence-electron chi connectivity index (χ0n) is 6.65. The van der Waals surface area contributed by atoms with Crippen molar-refractivity contribution >= 4 is 15.9 Å². The summed E-state index contributed by atoms with van der Waals surface area (Å²) in [4.78, 5) is 12.5. The molecule has 1 N–H and O–H groups in total. The predicted octanol–water partition coefficient (Wildman–Crippen LogP) is -1.19. The number of rotatable bonds is 0. The summed E-state index contributed by atoms with van der Waals surface area (Å²) in [6.45, 7) is 0. The molecule has 2 atom stereocenters. The Kier molecular flexibility index (Phi) is 1.39. The molecule has 2 fully saturated rings. The Bertz CT molecular complexity index is 324. The molecule has 0 bridgehead atoms. The van der Waals surface area contributed by atoms with E-state index in [2.05, 4.69) is 5.32 Å². The third-order valence-corrected chi connectivity index (χ3v) is 4.17. The number of hydrogen-bond acceptors (Lipinski definition) is 3. The van der Waals surface area contributed by atoms with Crippen LogP contribution in [0, 0.1) is 0 Å². The molecule has 0 unspecified atom stereocenters. The Labute approximate surface area is 70.6 Å². The first-order valence-electron chi connectivity index (χ1n) is 3.73. The monoisotopic (exact) mass is 190 g/mol. The largest absolute Gasteiger partial charge is 0.332 e. The maximum atomic E-state index is 11.1. The summed E-state index contributed by atoms with van der Waals surface area (Å²) in [6.07, 6.45) is 0. The van der Waals surface area contributed by atoms with E-state index in [4.69, 9.17) is 0 Å². The highest BCUT2D eigenvalue weighted by molar-refractivity contribution is 7.91. The van der Waals surface area contributed by atoms with Gasteiger partial charge in [-0.3, -0.25) is 0 Å². The van der Waals surface area contributed by atoms with Gasteiger partial charge in [0.2, 0.25) is 0 Å². The van der Waals surface area contributed by atoms with Gasteiger partial charge >= 0.3 is 6.03 Å². The van der Waals surface area contributed by atoms with E-state index in [0.29, 0.717) is 0 Å². The van der Waals surface area contributed by atoms with Crippen molar-refractivity contribution in [3.8, 4) is 0 Å². The highest BCUT2D eigenvalue weighted by Crippen LogP contribution is 2.22. The van der Waals surface area contributed by atoms with E-state index < -0.39 is 9.84 Å². The molecule has 2 aliphatic heterocycles. The molecule has 0 aromatic carbocycles. The van der Waals surface area contributed by atoms with Crippen LogP contribution < -0.4 is 5.32 Å². The molecule has 0 aromatic heterocycles. The number of sulfone groups is 1. The second-order valence-corrected chi connectivity index (χ2v) is 5.46. The van der Waals surface area contributed by atoms with Gasteiger partial charge in [-0.05, 0) is 0 Å². The number of carbonyl (C=O) groups is 1. The molecule has 0 spiro atoms. The van der Waals surface area contributed by atoms with E-state index in [1.54, 1.807) is 7.05 Å². The number of carbonyl (C=O) groups excluding carboxylic acids is 1. The lowest BCUT2D eigenvalue weighted by molar-refractivity contribution is 0.219. The van der Waals surface area contributed by atoms with Crippen LogP contribution >= 0.6 is 0 Å². The van der Waals surface area contributed by atoms with Crippen LogP contribution in [-0.4, -0.2) is 50.0 Å². The summed E-state index contributed by atoms with van der Waals surface area (Å²) in [7, 11) is -1.29. The minimum atomic E-state index is -2.92. The lowest BCUT2D eigenvalue weighted by atomic mass is 10.2.